The van der Waals surface area contributed by atoms with E-state index in [1.54, 1.807) is 6.92 Å². The fourth-order valence-corrected chi connectivity index (χ4v) is 1.95. The molecule has 0 aliphatic carbocycles. The van der Waals surface area contributed by atoms with Gasteiger partial charge < -0.3 is 5.11 Å². The molecule has 1 rings (SSSR count). The van der Waals surface area contributed by atoms with Crippen molar-refractivity contribution < 1.29 is 14.7 Å². The molecule has 0 amide bonds. The summed E-state index contributed by atoms with van der Waals surface area (Å²) in [6, 6.07) is 9.44. The van der Waals surface area contributed by atoms with Crippen LogP contribution in [0.25, 0.3) is 0 Å². The molecule has 0 spiro atoms. The van der Waals surface area contributed by atoms with E-state index in [-0.39, 0.29) is 5.12 Å². The molecule has 1 unspecified atom stereocenters. The lowest BCUT2D eigenvalue weighted by Gasteiger charge is -2.04. The molecule has 1 aromatic carbocycles. The summed E-state index contributed by atoms with van der Waals surface area (Å²) < 4.78 is 0. The number of carboxylic acid groups (broad SMARTS) is 1. The molecule has 0 aromatic heterocycles. The van der Waals surface area contributed by atoms with Gasteiger partial charge in [-0.3, -0.25) is 9.59 Å². The molecule has 1 atom stereocenters. The molecule has 1 N–H and O–H groups in total. The van der Waals surface area contributed by atoms with Crippen molar-refractivity contribution in [1.29, 1.82) is 0 Å². The van der Waals surface area contributed by atoms with E-state index in [0.29, 0.717) is 12.2 Å². The van der Waals surface area contributed by atoms with Crippen LogP contribution in [0.2, 0.25) is 0 Å². The van der Waals surface area contributed by atoms with Crippen molar-refractivity contribution in [3.63, 3.8) is 0 Å². The minimum atomic E-state index is -0.861. The van der Waals surface area contributed by atoms with Gasteiger partial charge in [-0.2, -0.15) is 0 Å². The number of rotatable bonds is 5. The van der Waals surface area contributed by atoms with Gasteiger partial charge in [0.15, 0.2) is 5.12 Å². The van der Waals surface area contributed by atoms with E-state index < -0.39 is 11.9 Å². The number of aliphatic carboxylic acids is 1. The van der Waals surface area contributed by atoms with Crippen LogP contribution in [0, 0.1) is 5.92 Å². The smallest absolute Gasteiger partial charge is 0.307 e. The topological polar surface area (TPSA) is 54.4 Å². The van der Waals surface area contributed by atoms with Crippen LogP contribution in [0.1, 0.15) is 12.5 Å². The van der Waals surface area contributed by atoms with Crippen LogP contribution >= 0.6 is 11.8 Å². The summed E-state index contributed by atoms with van der Waals surface area (Å²) in [5.74, 6) is -1.01. The van der Waals surface area contributed by atoms with Gasteiger partial charge in [0.25, 0.3) is 0 Å². The van der Waals surface area contributed by atoms with Crippen molar-refractivity contribution in [3.05, 3.63) is 35.9 Å². The van der Waals surface area contributed by atoms with Crippen LogP contribution in [0.3, 0.4) is 0 Å². The average molecular weight is 238 g/mol. The first-order valence-electron chi connectivity index (χ1n) is 5.02. The van der Waals surface area contributed by atoms with Crippen molar-refractivity contribution in [2.75, 3.05) is 5.75 Å². The lowest BCUT2D eigenvalue weighted by atomic mass is 10.2. The van der Waals surface area contributed by atoms with E-state index in [1.807, 2.05) is 30.3 Å². The molecule has 0 bridgehead atoms. The first-order valence-corrected chi connectivity index (χ1v) is 6.00. The lowest BCUT2D eigenvalue weighted by molar-refractivity contribution is -0.140. The van der Waals surface area contributed by atoms with Gasteiger partial charge in [0.2, 0.25) is 0 Å². The van der Waals surface area contributed by atoms with Crippen LogP contribution in [-0.2, 0) is 16.0 Å². The second-order valence-electron chi connectivity index (χ2n) is 3.58. The monoisotopic (exact) mass is 238 g/mol. The molecular formula is C12H14O3S. The highest BCUT2D eigenvalue weighted by Crippen LogP contribution is 2.13. The van der Waals surface area contributed by atoms with E-state index in [4.69, 9.17) is 5.11 Å². The number of carbonyl (C=O) groups excluding carboxylic acids is 1. The quantitative estimate of drug-likeness (QED) is 0.854. The Hall–Kier alpha value is -1.29. The molecule has 0 saturated carbocycles. The molecule has 0 aliphatic rings. The van der Waals surface area contributed by atoms with Crippen molar-refractivity contribution >= 4 is 22.8 Å². The molecule has 4 heteroatoms. The number of hydrogen-bond acceptors (Lipinski definition) is 3. The van der Waals surface area contributed by atoms with Crippen LogP contribution in [0.5, 0.6) is 0 Å². The molecular weight excluding hydrogens is 224 g/mol. The summed E-state index contributed by atoms with van der Waals surface area (Å²) in [4.78, 5) is 22.1. The van der Waals surface area contributed by atoms with Gasteiger partial charge in [0.1, 0.15) is 0 Å². The van der Waals surface area contributed by atoms with Crippen molar-refractivity contribution in [3.8, 4) is 0 Å². The third-order valence-electron chi connectivity index (χ3n) is 2.11. The molecule has 86 valence electrons. The fraction of sp³-hybridized carbons (Fsp3) is 0.333. The molecule has 1 aromatic rings. The van der Waals surface area contributed by atoms with Crippen molar-refractivity contribution in [1.82, 2.24) is 0 Å². The van der Waals surface area contributed by atoms with Gasteiger partial charge in [-0.25, -0.2) is 0 Å². The van der Waals surface area contributed by atoms with E-state index in [1.165, 1.54) is 0 Å². The summed E-state index contributed by atoms with van der Waals surface area (Å²) >= 11 is 1.09. The summed E-state index contributed by atoms with van der Waals surface area (Å²) in [7, 11) is 0. The zero-order valence-electron chi connectivity index (χ0n) is 9.05. The summed E-state index contributed by atoms with van der Waals surface area (Å²) in [6.07, 6.45) is 0.359. The predicted molar refractivity (Wildman–Crippen MR) is 64.4 cm³/mol. The molecule has 0 fully saturated rings. The standard InChI is InChI=1S/C12H14O3S/c1-9(12(14)15)8-16-11(13)7-10-5-3-2-4-6-10/h2-6,9H,7-8H2,1H3,(H,14,15). The highest BCUT2D eigenvalue weighted by molar-refractivity contribution is 8.13. The second-order valence-corrected chi connectivity index (χ2v) is 4.66. The molecule has 0 saturated heterocycles. The van der Waals surface area contributed by atoms with Gasteiger partial charge in [-0.05, 0) is 5.56 Å². The van der Waals surface area contributed by atoms with Gasteiger partial charge in [-0.15, -0.1) is 0 Å². The van der Waals surface area contributed by atoms with Crippen LogP contribution in [0.4, 0.5) is 0 Å². The summed E-state index contributed by atoms with van der Waals surface area (Å²) in [5.41, 5.74) is 0.961. The number of carbonyl (C=O) groups is 2. The Morgan fingerprint density at radius 1 is 1.31 bits per heavy atom. The Labute approximate surface area is 98.9 Å². The van der Waals surface area contributed by atoms with E-state index in [0.717, 1.165) is 17.3 Å². The highest BCUT2D eigenvalue weighted by Gasteiger charge is 2.13. The fourth-order valence-electron chi connectivity index (χ4n) is 1.10. The Morgan fingerprint density at radius 2 is 1.94 bits per heavy atom. The van der Waals surface area contributed by atoms with Crippen LogP contribution in [0.15, 0.2) is 30.3 Å². The number of hydrogen-bond donors (Lipinski definition) is 1. The second kappa shape index (κ2) is 6.33. The van der Waals surface area contributed by atoms with Gasteiger partial charge in [0.05, 0.1) is 5.92 Å². The number of carboxylic acids is 1. The van der Waals surface area contributed by atoms with Crippen molar-refractivity contribution in [2.24, 2.45) is 5.92 Å². The van der Waals surface area contributed by atoms with Crippen molar-refractivity contribution in [2.45, 2.75) is 13.3 Å². The third-order valence-corrected chi connectivity index (χ3v) is 3.24. The zero-order valence-corrected chi connectivity index (χ0v) is 9.87. The maximum Gasteiger partial charge on any atom is 0.307 e. The Morgan fingerprint density at radius 3 is 2.50 bits per heavy atom. The molecule has 0 heterocycles. The maximum atomic E-state index is 11.5. The molecule has 3 nitrogen and oxygen atoms in total. The Bertz CT molecular complexity index is 362. The first-order chi connectivity index (χ1) is 7.59. The van der Waals surface area contributed by atoms with Gasteiger partial charge in [-0.1, -0.05) is 49.0 Å². The summed E-state index contributed by atoms with van der Waals surface area (Å²) in [6.45, 7) is 1.60. The van der Waals surface area contributed by atoms with E-state index in [2.05, 4.69) is 0 Å². The first kappa shape index (κ1) is 12.8. The predicted octanol–water partition coefficient (Wildman–Crippen LogP) is 2.21. The highest BCUT2D eigenvalue weighted by atomic mass is 32.2. The van der Waals surface area contributed by atoms with Crippen LogP contribution in [-0.4, -0.2) is 21.9 Å². The SMILES string of the molecule is CC(CSC(=O)Cc1ccccc1)C(=O)O. The minimum absolute atomic E-state index is 0.0132. The largest absolute Gasteiger partial charge is 0.481 e. The minimum Gasteiger partial charge on any atom is -0.481 e. The molecule has 16 heavy (non-hydrogen) atoms. The number of benzene rings is 1. The van der Waals surface area contributed by atoms with Gasteiger partial charge >= 0.3 is 5.97 Å². The Kier molecular flexibility index (Phi) is 5.05. The number of thioether (sulfide) groups is 1. The van der Waals surface area contributed by atoms with Crippen LogP contribution < -0.4 is 0 Å². The normalized spacial score (nSPS) is 12.1. The zero-order chi connectivity index (χ0) is 12.0. The van der Waals surface area contributed by atoms with Gasteiger partial charge in [0, 0.05) is 12.2 Å². The van der Waals surface area contributed by atoms with E-state index >= 15 is 0 Å². The third kappa shape index (κ3) is 4.49. The van der Waals surface area contributed by atoms with E-state index in [9.17, 15) is 9.59 Å². The molecule has 0 radical (unpaired) electrons. The average Bonchev–Trinajstić information content (AvgIpc) is 2.27. The lowest BCUT2D eigenvalue weighted by Crippen LogP contribution is -2.13. The summed E-state index contributed by atoms with van der Waals surface area (Å²) in [5, 5.41) is 8.67. The molecule has 0 aliphatic heterocycles. The Balaban J connectivity index is 2.35. The maximum absolute atomic E-state index is 11.5.